The Morgan fingerprint density at radius 3 is 2.72 bits per heavy atom. The first-order valence-electron chi connectivity index (χ1n) is 10.6. The molecule has 3 atom stereocenters. The van der Waals surface area contributed by atoms with Crippen molar-refractivity contribution in [1.82, 2.24) is 5.32 Å². The summed E-state index contributed by atoms with van der Waals surface area (Å²) in [6.07, 6.45) is 6.37. The van der Waals surface area contributed by atoms with E-state index in [0.29, 0.717) is 17.5 Å². The Kier molecular flexibility index (Phi) is 7.43. The minimum atomic E-state index is -0.711. The van der Waals surface area contributed by atoms with Crippen molar-refractivity contribution < 1.29 is 9.90 Å². The van der Waals surface area contributed by atoms with Gasteiger partial charge in [-0.05, 0) is 80.2 Å². The zero-order valence-electron chi connectivity index (χ0n) is 17.1. The number of unbranched alkanes of at least 4 members (excludes halogenated alkanes) is 1. The second-order valence-electron chi connectivity index (χ2n) is 8.17. The molecule has 3 unspecified atom stereocenters. The molecule has 4 heteroatoms. The van der Waals surface area contributed by atoms with E-state index >= 15 is 0 Å². The van der Waals surface area contributed by atoms with Gasteiger partial charge in [0.1, 0.15) is 0 Å². The van der Waals surface area contributed by atoms with Gasteiger partial charge in [-0.2, -0.15) is 5.26 Å². The molecule has 2 aromatic rings. The Bertz CT molecular complexity index is 854. The smallest absolute Gasteiger partial charge is 0.303 e. The first-order valence-corrected chi connectivity index (χ1v) is 10.6. The van der Waals surface area contributed by atoms with Gasteiger partial charge in [0.25, 0.3) is 0 Å². The van der Waals surface area contributed by atoms with Gasteiger partial charge in [-0.15, -0.1) is 0 Å². The van der Waals surface area contributed by atoms with Gasteiger partial charge in [-0.1, -0.05) is 36.4 Å². The maximum absolute atomic E-state index is 10.6. The van der Waals surface area contributed by atoms with Crippen LogP contribution in [0.1, 0.15) is 79.7 Å². The predicted molar refractivity (Wildman–Crippen MR) is 115 cm³/mol. The number of nitriles is 1. The van der Waals surface area contributed by atoms with Crippen molar-refractivity contribution in [3.8, 4) is 6.07 Å². The Labute approximate surface area is 173 Å². The maximum atomic E-state index is 10.6. The molecule has 1 fully saturated rings. The van der Waals surface area contributed by atoms with Crippen LogP contribution in [-0.2, 0) is 11.2 Å². The highest BCUT2D eigenvalue weighted by atomic mass is 16.4. The molecule has 3 rings (SSSR count). The summed E-state index contributed by atoms with van der Waals surface area (Å²) in [6.45, 7) is 2.17. The normalized spacial score (nSPS) is 19.6. The lowest BCUT2D eigenvalue weighted by molar-refractivity contribution is -0.137. The van der Waals surface area contributed by atoms with E-state index in [-0.39, 0.29) is 12.5 Å². The van der Waals surface area contributed by atoms with E-state index < -0.39 is 5.97 Å². The van der Waals surface area contributed by atoms with Crippen molar-refractivity contribution in [2.24, 2.45) is 0 Å². The molecule has 0 spiro atoms. The molecule has 1 aliphatic rings. The summed E-state index contributed by atoms with van der Waals surface area (Å²) in [5.74, 6) is -0.122. The van der Waals surface area contributed by atoms with Crippen LogP contribution in [0.3, 0.4) is 0 Å². The zero-order chi connectivity index (χ0) is 20.6. The molecule has 4 nitrogen and oxygen atoms in total. The van der Waals surface area contributed by atoms with Gasteiger partial charge >= 0.3 is 5.97 Å². The molecular weight excluding hydrogens is 360 g/mol. The minimum absolute atomic E-state index is 0.236. The topological polar surface area (TPSA) is 73.1 Å². The number of carboxylic acids is 1. The Morgan fingerprint density at radius 2 is 2.00 bits per heavy atom. The van der Waals surface area contributed by atoms with Crippen LogP contribution in [-0.4, -0.2) is 17.1 Å². The summed E-state index contributed by atoms with van der Waals surface area (Å²) < 4.78 is 0. The van der Waals surface area contributed by atoms with E-state index in [1.54, 1.807) is 0 Å². The van der Waals surface area contributed by atoms with Crippen molar-refractivity contribution in [3.05, 3.63) is 70.8 Å². The highest BCUT2D eigenvalue weighted by Gasteiger charge is 2.26. The second kappa shape index (κ2) is 10.2. The lowest BCUT2D eigenvalue weighted by Crippen LogP contribution is -2.29. The molecular formula is C25H30N2O2. The predicted octanol–water partition coefficient (Wildman–Crippen LogP) is 5.34. The number of hydrogen-bond acceptors (Lipinski definition) is 3. The Balaban J connectivity index is 1.48. The molecule has 0 radical (unpaired) electrons. The molecule has 1 saturated carbocycles. The fourth-order valence-corrected chi connectivity index (χ4v) is 4.32. The van der Waals surface area contributed by atoms with Crippen LogP contribution in [0.4, 0.5) is 0 Å². The molecule has 0 aliphatic heterocycles. The van der Waals surface area contributed by atoms with Gasteiger partial charge < -0.3 is 10.4 Å². The van der Waals surface area contributed by atoms with Crippen molar-refractivity contribution in [2.45, 2.75) is 69.9 Å². The van der Waals surface area contributed by atoms with Crippen molar-refractivity contribution >= 4 is 5.97 Å². The number of hydrogen-bond donors (Lipinski definition) is 2. The van der Waals surface area contributed by atoms with E-state index in [4.69, 9.17) is 10.4 Å². The van der Waals surface area contributed by atoms with Gasteiger partial charge in [0, 0.05) is 18.5 Å². The molecule has 2 N–H and O–H groups in total. The van der Waals surface area contributed by atoms with Crippen LogP contribution in [0.15, 0.2) is 48.5 Å². The number of rotatable bonds is 9. The van der Waals surface area contributed by atoms with Gasteiger partial charge in [0.15, 0.2) is 0 Å². The van der Waals surface area contributed by atoms with Crippen molar-refractivity contribution in [1.29, 1.82) is 5.26 Å². The van der Waals surface area contributed by atoms with Gasteiger partial charge in [0.05, 0.1) is 11.6 Å². The number of benzene rings is 2. The van der Waals surface area contributed by atoms with E-state index in [9.17, 15) is 4.79 Å². The molecule has 29 heavy (non-hydrogen) atoms. The van der Waals surface area contributed by atoms with Gasteiger partial charge in [-0.3, -0.25) is 4.79 Å². The Hall–Kier alpha value is -2.64. The number of carboxylic acid groups (broad SMARTS) is 1. The summed E-state index contributed by atoms with van der Waals surface area (Å²) >= 11 is 0. The highest BCUT2D eigenvalue weighted by Crippen LogP contribution is 2.35. The molecule has 0 bridgehead atoms. The van der Waals surface area contributed by atoms with Gasteiger partial charge in [0.2, 0.25) is 0 Å². The van der Waals surface area contributed by atoms with Crippen LogP contribution in [0.2, 0.25) is 0 Å². The van der Waals surface area contributed by atoms with Crippen molar-refractivity contribution in [3.63, 3.8) is 0 Å². The molecule has 0 heterocycles. The number of carbonyl (C=O) groups is 1. The molecule has 1 aliphatic carbocycles. The van der Waals surface area contributed by atoms with Crippen LogP contribution >= 0.6 is 0 Å². The molecule has 0 aromatic heterocycles. The Morgan fingerprint density at radius 1 is 1.21 bits per heavy atom. The first-order chi connectivity index (χ1) is 14.0. The van der Waals surface area contributed by atoms with E-state index in [1.807, 2.05) is 18.2 Å². The maximum Gasteiger partial charge on any atom is 0.303 e. The second-order valence-corrected chi connectivity index (χ2v) is 8.17. The summed E-state index contributed by atoms with van der Waals surface area (Å²) in [6, 6.07) is 19.7. The fourth-order valence-electron chi connectivity index (χ4n) is 4.32. The summed E-state index contributed by atoms with van der Waals surface area (Å²) in [5, 5.41) is 21.6. The third kappa shape index (κ3) is 6.17. The first kappa shape index (κ1) is 21.1. The molecule has 2 aromatic carbocycles. The number of aryl methyl sites for hydroxylation is 1. The lowest BCUT2D eigenvalue weighted by atomic mass is 9.95. The van der Waals surface area contributed by atoms with E-state index in [2.05, 4.69) is 48.6 Å². The number of nitrogens with zero attached hydrogens (tertiary/aromatic N) is 1. The third-order valence-electron chi connectivity index (χ3n) is 5.99. The number of aliphatic carboxylic acids is 1. The van der Waals surface area contributed by atoms with Crippen LogP contribution in [0, 0.1) is 11.3 Å². The molecule has 0 amide bonds. The van der Waals surface area contributed by atoms with Crippen LogP contribution in [0.25, 0.3) is 0 Å². The standard InChI is InChI=1S/C25H30N2O2/c1-18(22-7-4-6-20(15-22)17-26)27-24-14-13-23(16-24)21-11-9-19(10-12-21)5-2-3-8-25(28)29/h4,6-7,9-12,15,18,23-24,27H,2-3,5,8,13-14,16H2,1H3,(H,28,29). The summed E-state index contributed by atoms with van der Waals surface area (Å²) in [7, 11) is 0. The van der Waals surface area contributed by atoms with Gasteiger partial charge in [-0.25, -0.2) is 0 Å². The number of nitrogens with one attached hydrogen (secondary N) is 1. The summed E-state index contributed by atoms with van der Waals surface area (Å²) in [4.78, 5) is 10.6. The zero-order valence-corrected chi connectivity index (χ0v) is 17.1. The molecule has 0 saturated heterocycles. The van der Waals surface area contributed by atoms with E-state index in [0.717, 1.165) is 25.7 Å². The highest BCUT2D eigenvalue weighted by molar-refractivity contribution is 5.66. The average molecular weight is 391 g/mol. The molecule has 152 valence electrons. The monoisotopic (exact) mass is 390 g/mol. The van der Waals surface area contributed by atoms with Crippen LogP contribution < -0.4 is 5.32 Å². The fraction of sp³-hybridized carbons (Fsp3) is 0.440. The van der Waals surface area contributed by atoms with E-state index in [1.165, 1.54) is 29.5 Å². The summed E-state index contributed by atoms with van der Waals surface area (Å²) in [5.41, 5.74) is 4.57. The average Bonchev–Trinajstić information content (AvgIpc) is 3.20. The quantitative estimate of drug-likeness (QED) is 0.567. The SMILES string of the molecule is CC(NC1CCC(c2ccc(CCCCC(=O)O)cc2)C1)c1cccc(C#N)c1. The minimum Gasteiger partial charge on any atom is -0.481 e. The van der Waals surface area contributed by atoms with Crippen LogP contribution in [0.5, 0.6) is 0 Å². The van der Waals surface area contributed by atoms with Crippen molar-refractivity contribution in [2.75, 3.05) is 0 Å². The largest absolute Gasteiger partial charge is 0.481 e. The lowest BCUT2D eigenvalue weighted by Gasteiger charge is -2.20. The third-order valence-corrected chi connectivity index (χ3v) is 5.99.